The summed E-state index contributed by atoms with van der Waals surface area (Å²) in [5.41, 5.74) is 2.51. The summed E-state index contributed by atoms with van der Waals surface area (Å²) in [5.74, 6) is 0.00449. The average Bonchev–Trinajstić information content (AvgIpc) is 2.52. The molecule has 3 nitrogen and oxygen atoms in total. The average molecular weight is 310 g/mol. The lowest BCUT2D eigenvalue weighted by molar-refractivity contribution is 0.0957. The number of thiazole rings is 1. The predicted octanol–water partition coefficient (Wildman–Crippen LogP) is 2.01. The molecule has 72 valence electrons. The second-order valence-electron chi connectivity index (χ2n) is 2.57. The fourth-order valence-corrected chi connectivity index (χ4v) is 1.97. The highest BCUT2D eigenvalue weighted by atomic mass is 127. The van der Waals surface area contributed by atoms with Gasteiger partial charge in [-0.15, -0.1) is 11.3 Å². The van der Waals surface area contributed by atoms with E-state index in [1.807, 2.05) is 6.92 Å². The summed E-state index contributed by atoms with van der Waals surface area (Å²) in [6.07, 6.45) is 1.02. The maximum absolute atomic E-state index is 11.5. The number of hydrogen-bond acceptors (Lipinski definition) is 3. The number of aromatic nitrogens is 1. The van der Waals surface area contributed by atoms with Crippen molar-refractivity contribution in [3.8, 4) is 0 Å². The Balaban J connectivity index is 2.45. The van der Waals surface area contributed by atoms with E-state index in [-0.39, 0.29) is 5.91 Å². The topological polar surface area (TPSA) is 42.0 Å². The smallest absolute Gasteiger partial charge is 0.263 e. The fraction of sp³-hybridized carbons (Fsp3) is 0.500. The normalized spacial score (nSPS) is 10.0. The molecule has 0 radical (unpaired) electrons. The SMILES string of the molecule is Cc1ncsc1C(=O)NCCCI. The summed E-state index contributed by atoms with van der Waals surface area (Å²) in [7, 11) is 0. The number of hydrogen-bond donors (Lipinski definition) is 1. The first kappa shape index (κ1) is 10.9. The zero-order valence-electron chi connectivity index (χ0n) is 7.34. The number of rotatable bonds is 4. The van der Waals surface area contributed by atoms with E-state index in [0.717, 1.165) is 28.0 Å². The molecule has 1 aromatic rings. The Hall–Kier alpha value is -0.170. The number of alkyl halides is 1. The van der Waals surface area contributed by atoms with Crippen molar-refractivity contribution in [3.05, 3.63) is 16.1 Å². The van der Waals surface area contributed by atoms with Crippen LogP contribution in [0.3, 0.4) is 0 Å². The molecule has 0 aliphatic heterocycles. The van der Waals surface area contributed by atoms with Gasteiger partial charge in [-0.2, -0.15) is 0 Å². The highest BCUT2D eigenvalue weighted by molar-refractivity contribution is 14.1. The van der Waals surface area contributed by atoms with Crippen LogP contribution in [0.5, 0.6) is 0 Å². The number of carbonyl (C=O) groups excluding carboxylic acids is 1. The highest BCUT2D eigenvalue weighted by Crippen LogP contribution is 2.11. The van der Waals surface area contributed by atoms with E-state index in [9.17, 15) is 4.79 Å². The number of amides is 1. The van der Waals surface area contributed by atoms with Crippen LogP contribution in [0.15, 0.2) is 5.51 Å². The zero-order valence-corrected chi connectivity index (χ0v) is 10.3. The number of nitrogens with one attached hydrogen (secondary N) is 1. The van der Waals surface area contributed by atoms with E-state index < -0.39 is 0 Å². The van der Waals surface area contributed by atoms with E-state index in [2.05, 4.69) is 32.9 Å². The Morgan fingerprint density at radius 1 is 1.77 bits per heavy atom. The van der Waals surface area contributed by atoms with Crippen molar-refractivity contribution in [1.29, 1.82) is 0 Å². The predicted molar refractivity (Wildman–Crippen MR) is 62.7 cm³/mol. The molecule has 1 amide bonds. The number of nitrogens with zero attached hydrogens (tertiary/aromatic N) is 1. The van der Waals surface area contributed by atoms with Crippen molar-refractivity contribution in [2.45, 2.75) is 13.3 Å². The van der Waals surface area contributed by atoms with Crippen LogP contribution in [0, 0.1) is 6.92 Å². The third-order valence-corrected chi connectivity index (χ3v) is 3.24. The second-order valence-corrected chi connectivity index (χ2v) is 4.50. The molecule has 1 aromatic heterocycles. The first-order valence-corrected chi connectivity index (χ1v) is 6.40. The maximum Gasteiger partial charge on any atom is 0.263 e. The van der Waals surface area contributed by atoms with Crippen molar-refractivity contribution in [3.63, 3.8) is 0 Å². The maximum atomic E-state index is 11.5. The van der Waals surface area contributed by atoms with Gasteiger partial charge < -0.3 is 5.32 Å². The standard InChI is InChI=1S/C8H11IN2OS/c1-6-7(13-5-11-6)8(12)10-4-2-3-9/h5H,2-4H2,1H3,(H,10,12). The molecule has 0 saturated carbocycles. The van der Waals surface area contributed by atoms with E-state index >= 15 is 0 Å². The Labute approximate surface area is 95.1 Å². The van der Waals surface area contributed by atoms with Gasteiger partial charge in [0, 0.05) is 11.0 Å². The summed E-state index contributed by atoms with van der Waals surface area (Å²) in [4.78, 5) is 16.2. The fourth-order valence-electron chi connectivity index (χ4n) is 0.869. The van der Waals surface area contributed by atoms with Crippen molar-refractivity contribution in [1.82, 2.24) is 10.3 Å². The van der Waals surface area contributed by atoms with Crippen molar-refractivity contribution < 1.29 is 4.79 Å². The van der Waals surface area contributed by atoms with Gasteiger partial charge in [-0.1, -0.05) is 22.6 Å². The van der Waals surface area contributed by atoms with Gasteiger partial charge >= 0.3 is 0 Å². The molecule has 1 rings (SSSR count). The Kier molecular flexibility index (Phi) is 4.65. The van der Waals surface area contributed by atoms with Gasteiger partial charge in [0.15, 0.2) is 0 Å². The van der Waals surface area contributed by atoms with Crippen LogP contribution >= 0.6 is 33.9 Å². The lowest BCUT2D eigenvalue weighted by Gasteiger charge is -2.01. The molecule has 1 N–H and O–H groups in total. The Morgan fingerprint density at radius 3 is 3.08 bits per heavy atom. The number of aryl methyl sites for hydroxylation is 1. The summed E-state index contributed by atoms with van der Waals surface area (Å²) in [6.45, 7) is 2.60. The minimum Gasteiger partial charge on any atom is -0.351 e. The van der Waals surface area contributed by atoms with Crippen molar-refractivity contribution >= 4 is 39.8 Å². The molecule has 13 heavy (non-hydrogen) atoms. The minimum atomic E-state index is 0.00449. The lowest BCUT2D eigenvalue weighted by Crippen LogP contribution is -2.24. The molecule has 0 fully saturated rings. The highest BCUT2D eigenvalue weighted by Gasteiger charge is 2.09. The van der Waals surface area contributed by atoms with Crippen molar-refractivity contribution in [2.75, 3.05) is 11.0 Å². The van der Waals surface area contributed by atoms with Gasteiger partial charge in [-0.3, -0.25) is 4.79 Å². The molecule has 0 aliphatic rings. The van der Waals surface area contributed by atoms with E-state index in [1.165, 1.54) is 11.3 Å². The summed E-state index contributed by atoms with van der Waals surface area (Å²) >= 11 is 3.68. The molecule has 0 unspecified atom stereocenters. The van der Waals surface area contributed by atoms with Crippen LogP contribution in [0.2, 0.25) is 0 Å². The van der Waals surface area contributed by atoms with Crippen molar-refractivity contribution in [2.24, 2.45) is 0 Å². The molecule has 0 atom stereocenters. The van der Waals surface area contributed by atoms with Crippen LogP contribution in [0.4, 0.5) is 0 Å². The molecule has 0 saturated heterocycles. The largest absolute Gasteiger partial charge is 0.351 e. The number of halogens is 1. The molecule has 0 bridgehead atoms. The van der Waals surface area contributed by atoms with Crippen LogP contribution in [0.1, 0.15) is 21.8 Å². The van der Waals surface area contributed by atoms with Crippen LogP contribution in [-0.4, -0.2) is 21.9 Å². The molecule has 0 aliphatic carbocycles. The summed E-state index contributed by atoms with van der Waals surface area (Å²) in [5, 5.41) is 2.85. The summed E-state index contributed by atoms with van der Waals surface area (Å²) < 4.78 is 1.07. The van der Waals surface area contributed by atoms with Gasteiger partial charge in [0.05, 0.1) is 11.2 Å². The third-order valence-electron chi connectivity index (χ3n) is 1.55. The summed E-state index contributed by atoms with van der Waals surface area (Å²) in [6, 6.07) is 0. The monoisotopic (exact) mass is 310 g/mol. The van der Waals surface area contributed by atoms with Crippen LogP contribution in [0.25, 0.3) is 0 Å². The Bertz CT molecular complexity index is 287. The van der Waals surface area contributed by atoms with Crippen LogP contribution < -0.4 is 5.32 Å². The lowest BCUT2D eigenvalue weighted by atomic mass is 10.3. The molecular weight excluding hydrogens is 299 g/mol. The second kappa shape index (κ2) is 5.54. The first-order chi connectivity index (χ1) is 6.25. The zero-order chi connectivity index (χ0) is 9.68. The van der Waals surface area contributed by atoms with Crippen LogP contribution in [-0.2, 0) is 0 Å². The Morgan fingerprint density at radius 2 is 2.54 bits per heavy atom. The van der Waals surface area contributed by atoms with Gasteiger partial charge in [-0.25, -0.2) is 4.98 Å². The first-order valence-electron chi connectivity index (χ1n) is 4.00. The van der Waals surface area contributed by atoms with Gasteiger partial charge in [0.2, 0.25) is 0 Å². The quantitative estimate of drug-likeness (QED) is 0.525. The molecular formula is C8H11IN2OS. The van der Waals surface area contributed by atoms with Gasteiger partial charge in [-0.05, 0) is 13.3 Å². The van der Waals surface area contributed by atoms with E-state index in [4.69, 9.17) is 0 Å². The molecule has 0 spiro atoms. The minimum absolute atomic E-state index is 0.00449. The molecule has 1 heterocycles. The van der Waals surface area contributed by atoms with Gasteiger partial charge in [0.25, 0.3) is 5.91 Å². The third kappa shape index (κ3) is 3.22. The number of carbonyl (C=O) groups is 1. The van der Waals surface area contributed by atoms with Gasteiger partial charge in [0.1, 0.15) is 4.88 Å². The molecule has 0 aromatic carbocycles. The van der Waals surface area contributed by atoms with E-state index in [0.29, 0.717) is 0 Å². The molecule has 5 heteroatoms. The van der Waals surface area contributed by atoms with E-state index in [1.54, 1.807) is 5.51 Å².